The van der Waals surface area contributed by atoms with E-state index in [9.17, 15) is 9.18 Å². The molecule has 0 saturated heterocycles. The number of carbonyl (C=O) groups is 1. The van der Waals surface area contributed by atoms with Crippen molar-refractivity contribution in [2.24, 2.45) is 0 Å². The topological polar surface area (TPSA) is 51.3 Å². The first-order valence-electron chi connectivity index (χ1n) is 6.85. The lowest BCUT2D eigenvalue weighted by Crippen LogP contribution is -2.12. The molecule has 0 unspecified atom stereocenters. The number of aromatic amines is 1. The van der Waals surface area contributed by atoms with Crippen LogP contribution in [0.15, 0.2) is 54.6 Å². The van der Waals surface area contributed by atoms with E-state index in [0.29, 0.717) is 11.4 Å². The molecule has 0 bridgehead atoms. The van der Waals surface area contributed by atoms with Crippen molar-refractivity contribution in [3.8, 4) is 5.75 Å². The standard InChI is InChI=1S/C17H14FNO3/c18-13-5-7-14(8-6-13)21-9-10-22-17(20)16-11-12-3-1-2-4-15(12)19-16/h1-8,11,19H,9-10H2. The number of hydrogen-bond acceptors (Lipinski definition) is 3. The van der Waals surface area contributed by atoms with Crippen molar-refractivity contribution >= 4 is 16.9 Å². The smallest absolute Gasteiger partial charge is 0.354 e. The molecular weight excluding hydrogens is 285 g/mol. The minimum atomic E-state index is -0.432. The highest BCUT2D eigenvalue weighted by Crippen LogP contribution is 2.15. The summed E-state index contributed by atoms with van der Waals surface area (Å²) in [6.07, 6.45) is 0. The van der Waals surface area contributed by atoms with Crippen molar-refractivity contribution in [3.05, 3.63) is 66.1 Å². The second kappa shape index (κ2) is 6.30. The number of esters is 1. The van der Waals surface area contributed by atoms with Crippen molar-refractivity contribution in [1.82, 2.24) is 4.98 Å². The molecule has 0 amide bonds. The van der Waals surface area contributed by atoms with Gasteiger partial charge in [-0.15, -0.1) is 0 Å². The fourth-order valence-electron chi connectivity index (χ4n) is 2.09. The van der Waals surface area contributed by atoms with Crippen molar-refractivity contribution in [1.29, 1.82) is 0 Å². The maximum Gasteiger partial charge on any atom is 0.354 e. The van der Waals surface area contributed by atoms with E-state index in [1.165, 1.54) is 24.3 Å². The van der Waals surface area contributed by atoms with Gasteiger partial charge in [-0.2, -0.15) is 0 Å². The molecule has 1 heterocycles. The SMILES string of the molecule is O=C(OCCOc1ccc(F)cc1)c1cc2ccccc2[nH]1. The molecule has 5 heteroatoms. The third-order valence-electron chi connectivity index (χ3n) is 3.15. The van der Waals surface area contributed by atoms with E-state index in [1.807, 2.05) is 24.3 Å². The second-order valence-electron chi connectivity index (χ2n) is 4.71. The number of para-hydroxylation sites is 1. The van der Waals surface area contributed by atoms with E-state index >= 15 is 0 Å². The Kier molecular flexibility index (Phi) is 4.05. The normalized spacial score (nSPS) is 10.6. The Balaban J connectivity index is 1.50. The van der Waals surface area contributed by atoms with E-state index in [2.05, 4.69) is 4.98 Å². The van der Waals surface area contributed by atoms with Gasteiger partial charge in [-0.3, -0.25) is 0 Å². The Labute approximate surface area is 126 Å². The fourth-order valence-corrected chi connectivity index (χ4v) is 2.09. The highest BCUT2D eigenvalue weighted by atomic mass is 19.1. The van der Waals surface area contributed by atoms with E-state index in [-0.39, 0.29) is 19.0 Å². The number of hydrogen-bond donors (Lipinski definition) is 1. The van der Waals surface area contributed by atoms with E-state index in [0.717, 1.165) is 10.9 Å². The van der Waals surface area contributed by atoms with Gasteiger partial charge in [0.2, 0.25) is 0 Å². The lowest BCUT2D eigenvalue weighted by atomic mass is 10.2. The lowest BCUT2D eigenvalue weighted by Gasteiger charge is -2.06. The molecule has 3 aromatic rings. The van der Waals surface area contributed by atoms with Gasteiger partial charge in [-0.05, 0) is 36.4 Å². The first-order chi connectivity index (χ1) is 10.7. The van der Waals surface area contributed by atoms with Gasteiger partial charge >= 0.3 is 5.97 Å². The lowest BCUT2D eigenvalue weighted by molar-refractivity contribution is 0.0445. The first-order valence-corrected chi connectivity index (χ1v) is 6.85. The quantitative estimate of drug-likeness (QED) is 0.579. The Morgan fingerprint density at radius 1 is 1.05 bits per heavy atom. The molecule has 4 nitrogen and oxygen atoms in total. The van der Waals surface area contributed by atoms with Gasteiger partial charge in [0.25, 0.3) is 0 Å². The summed E-state index contributed by atoms with van der Waals surface area (Å²) in [5.74, 6) is -0.223. The Morgan fingerprint density at radius 2 is 1.82 bits per heavy atom. The average Bonchev–Trinajstić information content (AvgIpc) is 2.97. The molecule has 0 aliphatic rings. The zero-order valence-electron chi connectivity index (χ0n) is 11.7. The predicted octanol–water partition coefficient (Wildman–Crippen LogP) is 3.54. The molecule has 0 atom stereocenters. The molecule has 0 saturated carbocycles. The summed E-state index contributed by atoms with van der Waals surface area (Å²) in [5, 5.41) is 0.956. The van der Waals surface area contributed by atoms with Crippen LogP contribution < -0.4 is 4.74 Å². The highest BCUT2D eigenvalue weighted by molar-refractivity contribution is 5.94. The van der Waals surface area contributed by atoms with Gasteiger partial charge < -0.3 is 14.5 Å². The van der Waals surface area contributed by atoms with Crippen LogP contribution in [-0.2, 0) is 4.74 Å². The largest absolute Gasteiger partial charge is 0.490 e. The van der Waals surface area contributed by atoms with Crippen molar-refractivity contribution in [2.45, 2.75) is 0 Å². The third-order valence-corrected chi connectivity index (χ3v) is 3.15. The van der Waals surface area contributed by atoms with Crippen LogP contribution in [0.1, 0.15) is 10.5 Å². The average molecular weight is 299 g/mol. The number of benzene rings is 2. The Hall–Kier alpha value is -2.82. The summed E-state index contributed by atoms with van der Waals surface area (Å²) in [6, 6.07) is 15.0. The molecule has 112 valence electrons. The van der Waals surface area contributed by atoms with Gasteiger partial charge in [0.1, 0.15) is 30.5 Å². The van der Waals surface area contributed by atoms with Gasteiger partial charge in [0.05, 0.1) is 0 Å². The number of nitrogens with one attached hydrogen (secondary N) is 1. The summed E-state index contributed by atoms with van der Waals surface area (Å²) >= 11 is 0. The second-order valence-corrected chi connectivity index (χ2v) is 4.71. The zero-order chi connectivity index (χ0) is 15.4. The first kappa shape index (κ1) is 14.1. The van der Waals surface area contributed by atoms with Crippen molar-refractivity contribution in [3.63, 3.8) is 0 Å². The van der Waals surface area contributed by atoms with Crippen LogP contribution in [0.25, 0.3) is 10.9 Å². The molecule has 0 aliphatic carbocycles. The number of carbonyl (C=O) groups excluding carboxylic acids is 1. The van der Waals surface area contributed by atoms with Crippen LogP contribution in [-0.4, -0.2) is 24.2 Å². The Bertz CT molecular complexity index is 747. The third kappa shape index (κ3) is 3.25. The molecule has 0 radical (unpaired) electrons. The van der Waals surface area contributed by atoms with Crippen LogP contribution in [0.4, 0.5) is 4.39 Å². The number of halogens is 1. The maximum atomic E-state index is 12.7. The van der Waals surface area contributed by atoms with Gasteiger partial charge in [0, 0.05) is 10.9 Å². The van der Waals surface area contributed by atoms with Crippen LogP contribution in [0.5, 0.6) is 5.75 Å². The number of rotatable bonds is 5. The van der Waals surface area contributed by atoms with Gasteiger partial charge in [-0.25, -0.2) is 9.18 Å². The number of H-pyrrole nitrogens is 1. The highest BCUT2D eigenvalue weighted by Gasteiger charge is 2.10. The van der Waals surface area contributed by atoms with E-state index in [1.54, 1.807) is 6.07 Å². The number of fused-ring (bicyclic) bond motifs is 1. The molecule has 22 heavy (non-hydrogen) atoms. The predicted molar refractivity (Wildman–Crippen MR) is 80.5 cm³/mol. The van der Waals surface area contributed by atoms with Crippen LogP contribution in [0.3, 0.4) is 0 Å². The maximum absolute atomic E-state index is 12.7. The summed E-state index contributed by atoms with van der Waals surface area (Å²) in [7, 11) is 0. The summed E-state index contributed by atoms with van der Waals surface area (Å²) in [6.45, 7) is 0.323. The van der Waals surface area contributed by atoms with Crippen molar-refractivity contribution < 1.29 is 18.7 Å². The fraction of sp³-hybridized carbons (Fsp3) is 0.118. The molecule has 3 rings (SSSR count). The van der Waals surface area contributed by atoms with Crippen LogP contribution in [0, 0.1) is 5.82 Å². The molecule has 0 spiro atoms. The number of aromatic nitrogens is 1. The van der Waals surface area contributed by atoms with Crippen LogP contribution in [0.2, 0.25) is 0 Å². The zero-order valence-corrected chi connectivity index (χ0v) is 11.7. The minimum Gasteiger partial charge on any atom is -0.490 e. The van der Waals surface area contributed by atoms with Gasteiger partial charge in [-0.1, -0.05) is 18.2 Å². The van der Waals surface area contributed by atoms with Crippen molar-refractivity contribution in [2.75, 3.05) is 13.2 Å². The summed E-state index contributed by atoms with van der Waals surface area (Å²) < 4.78 is 23.2. The monoisotopic (exact) mass is 299 g/mol. The van der Waals surface area contributed by atoms with E-state index in [4.69, 9.17) is 9.47 Å². The summed E-state index contributed by atoms with van der Waals surface area (Å²) in [4.78, 5) is 14.9. The molecular formula is C17H14FNO3. The molecule has 0 aliphatic heterocycles. The molecule has 1 aromatic heterocycles. The minimum absolute atomic E-state index is 0.117. The van der Waals surface area contributed by atoms with Crippen LogP contribution >= 0.6 is 0 Å². The number of ether oxygens (including phenoxy) is 2. The summed E-state index contributed by atoms with van der Waals surface area (Å²) in [5.41, 5.74) is 1.29. The molecule has 1 N–H and O–H groups in total. The van der Waals surface area contributed by atoms with E-state index < -0.39 is 5.97 Å². The molecule has 2 aromatic carbocycles. The van der Waals surface area contributed by atoms with Gasteiger partial charge in [0.15, 0.2) is 0 Å². The Morgan fingerprint density at radius 3 is 2.59 bits per heavy atom. The molecule has 0 fully saturated rings.